The van der Waals surface area contributed by atoms with Crippen molar-refractivity contribution in [3.05, 3.63) is 86.1 Å². The lowest BCUT2D eigenvalue weighted by Gasteiger charge is -2.14. The van der Waals surface area contributed by atoms with Crippen LogP contribution in [0.5, 0.6) is 5.75 Å². The maximum absolute atomic E-state index is 12.9. The van der Waals surface area contributed by atoms with Gasteiger partial charge in [-0.2, -0.15) is 0 Å². The number of fused-ring (bicyclic) bond motifs is 1. The van der Waals surface area contributed by atoms with E-state index in [2.05, 4.69) is 4.98 Å². The van der Waals surface area contributed by atoms with Gasteiger partial charge in [-0.25, -0.2) is 0 Å². The highest BCUT2D eigenvalue weighted by atomic mass is 35.5. The van der Waals surface area contributed by atoms with Crippen LogP contribution in [0.1, 0.15) is 0 Å². The molecule has 0 amide bonds. The summed E-state index contributed by atoms with van der Waals surface area (Å²) >= 11 is 18.6. The average molecular weight is 431 g/mol. The van der Waals surface area contributed by atoms with Crippen LogP contribution in [0.2, 0.25) is 15.1 Å². The van der Waals surface area contributed by atoms with Crippen LogP contribution in [0, 0.1) is 0 Å². The summed E-state index contributed by atoms with van der Waals surface area (Å²) in [5, 5.41) is 2.35. The number of nitrogens with one attached hydrogen (secondary N) is 1. The number of benzene rings is 3. The quantitative estimate of drug-likeness (QED) is 0.387. The van der Waals surface area contributed by atoms with Crippen molar-refractivity contribution in [2.75, 3.05) is 7.11 Å². The van der Waals surface area contributed by atoms with Gasteiger partial charge in [-0.3, -0.25) is 4.79 Å². The van der Waals surface area contributed by atoms with E-state index in [4.69, 9.17) is 39.5 Å². The van der Waals surface area contributed by atoms with Gasteiger partial charge >= 0.3 is 0 Å². The Balaban J connectivity index is 2.00. The summed E-state index contributed by atoms with van der Waals surface area (Å²) in [7, 11) is 1.53. The van der Waals surface area contributed by atoms with E-state index in [0.717, 1.165) is 16.5 Å². The van der Waals surface area contributed by atoms with Gasteiger partial charge in [0.25, 0.3) is 5.56 Å². The van der Waals surface area contributed by atoms with E-state index >= 15 is 0 Å². The molecule has 0 aliphatic heterocycles. The highest BCUT2D eigenvalue weighted by Gasteiger charge is 2.18. The third-order valence-corrected chi connectivity index (χ3v) is 5.33. The van der Waals surface area contributed by atoms with Crippen molar-refractivity contribution in [3.63, 3.8) is 0 Å². The van der Waals surface area contributed by atoms with Crippen molar-refractivity contribution in [2.45, 2.75) is 0 Å². The number of pyridine rings is 1. The number of aromatic amines is 1. The summed E-state index contributed by atoms with van der Waals surface area (Å²) in [4.78, 5) is 15.8. The molecular weight excluding hydrogens is 417 g/mol. The maximum atomic E-state index is 12.9. The molecule has 1 aromatic heterocycles. The Bertz CT molecular complexity index is 1260. The van der Waals surface area contributed by atoms with E-state index in [0.29, 0.717) is 37.5 Å². The zero-order valence-electron chi connectivity index (χ0n) is 14.7. The summed E-state index contributed by atoms with van der Waals surface area (Å²) < 4.78 is 5.61. The minimum Gasteiger partial charge on any atom is -0.495 e. The number of methoxy groups -OCH3 is 1. The number of aromatic nitrogens is 1. The SMILES string of the molecule is COc1c(-c2cc(-c3cccc(Cl)c3)ccc2Cl)c(=O)[nH]c2cc(Cl)ccc12. The monoisotopic (exact) mass is 429 g/mol. The second-order valence-electron chi connectivity index (χ2n) is 6.26. The molecule has 0 radical (unpaired) electrons. The van der Waals surface area contributed by atoms with Gasteiger partial charge in [0.05, 0.1) is 18.2 Å². The lowest BCUT2D eigenvalue weighted by atomic mass is 9.98. The minimum absolute atomic E-state index is 0.309. The van der Waals surface area contributed by atoms with E-state index in [1.807, 2.05) is 42.5 Å². The summed E-state index contributed by atoms with van der Waals surface area (Å²) in [6.07, 6.45) is 0. The average Bonchev–Trinajstić information content (AvgIpc) is 2.67. The Morgan fingerprint density at radius 3 is 2.36 bits per heavy atom. The van der Waals surface area contributed by atoms with Crippen LogP contribution in [-0.2, 0) is 0 Å². The zero-order chi connectivity index (χ0) is 19.8. The highest BCUT2D eigenvalue weighted by Crippen LogP contribution is 2.39. The summed E-state index contributed by atoms with van der Waals surface area (Å²) in [6.45, 7) is 0. The van der Waals surface area contributed by atoms with Crippen LogP contribution in [0.4, 0.5) is 0 Å². The van der Waals surface area contributed by atoms with Crippen molar-refractivity contribution in [2.24, 2.45) is 0 Å². The van der Waals surface area contributed by atoms with Crippen LogP contribution < -0.4 is 10.3 Å². The molecule has 0 aliphatic carbocycles. The van der Waals surface area contributed by atoms with Gasteiger partial charge in [0.15, 0.2) is 0 Å². The standard InChI is InChI=1S/C22H14Cl3NO2/c1-28-21-16-7-6-15(24)11-19(16)26-22(27)20(21)17-10-13(5-8-18(17)25)12-3-2-4-14(23)9-12/h2-11H,1H3,(H,26,27). The fraction of sp³-hybridized carbons (Fsp3) is 0.0455. The fourth-order valence-corrected chi connectivity index (χ4v) is 3.84. The molecule has 0 saturated carbocycles. The molecule has 28 heavy (non-hydrogen) atoms. The zero-order valence-corrected chi connectivity index (χ0v) is 17.0. The van der Waals surface area contributed by atoms with Gasteiger partial charge in [-0.05, 0) is 53.6 Å². The van der Waals surface area contributed by atoms with Crippen molar-refractivity contribution in [1.82, 2.24) is 4.98 Å². The predicted molar refractivity (Wildman–Crippen MR) is 117 cm³/mol. The molecule has 6 heteroatoms. The van der Waals surface area contributed by atoms with E-state index in [9.17, 15) is 4.79 Å². The molecule has 0 fully saturated rings. The van der Waals surface area contributed by atoms with E-state index < -0.39 is 0 Å². The van der Waals surface area contributed by atoms with E-state index in [-0.39, 0.29) is 5.56 Å². The smallest absolute Gasteiger partial charge is 0.260 e. The molecule has 1 N–H and O–H groups in total. The molecule has 0 aliphatic rings. The Morgan fingerprint density at radius 1 is 0.857 bits per heavy atom. The van der Waals surface area contributed by atoms with Crippen molar-refractivity contribution < 1.29 is 4.74 Å². The van der Waals surface area contributed by atoms with E-state index in [1.165, 1.54) is 7.11 Å². The number of halogens is 3. The van der Waals surface area contributed by atoms with Crippen LogP contribution in [0.15, 0.2) is 65.5 Å². The molecule has 0 unspecified atom stereocenters. The van der Waals surface area contributed by atoms with E-state index in [1.54, 1.807) is 18.2 Å². The number of ether oxygens (including phenoxy) is 1. The predicted octanol–water partition coefficient (Wildman–Crippen LogP) is 6.83. The lowest BCUT2D eigenvalue weighted by Crippen LogP contribution is -2.11. The first-order valence-corrected chi connectivity index (χ1v) is 9.56. The van der Waals surface area contributed by atoms with Crippen LogP contribution in [0.3, 0.4) is 0 Å². The number of rotatable bonds is 3. The molecule has 0 atom stereocenters. The third kappa shape index (κ3) is 3.37. The Labute approximate surface area is 176 Å². The maximum Gasteiger partial charge on any atom is 0.260 e. The topological polar surface area (TPSA) is 42.1 Å². The van der Waals surface area contributed by atoms with Gasteiger partial charge in [0.2, 0.25) is 0 Å². The lowest BCUT2D eigenvalue weighted by molar-refractivity contribution is 0.420. The molecule has 3 aromatic carbocycles. The molecule has 4 aromatic rings. The minimum atomic E-state index is -0.309. The van der Waals surface area contributed by atoms with Crippen molar-refractivity contribution in [1.29, 1.82) is 0 Å². The van der Waals surface area contributed by atoms with Crippen LogP contribution in [-0.4, -0.2) is 12.1 Å². The number of hydrogen-bond donors (Lipinski definition) is 1. The second kappa shape index (κ2) is 7.51. The van der Waals surface area contributed by atoms with Gasteiger partial charge < -0.3 is 9.72 Å². The van der Waals surface area contributed by atoms with Crippen LogP contribution in [0.25, 0.3) is 33.2 Å². The van der Waals surface area contributed by atoms with Crippen LogP contribution >= 0.6 is 34.8 Å². The largest absolute Gasteiger partial charge is 0.495 e. The molecular formula is C22H14Cl3NO2. The van der Waals surface area contributed by atoms with Crippen molar-refractivity contribution in [3.8, 4) is 28.0 Å². The molecule has 4 rings (SSSR count). The van der Waals surface area contributed by atoms with Gasteiger partial charge in [0.1, 0.15) is 5.75 Å². The van der Waals surface area contributed by atoms with Gasteiger partial charge in [0, 0.05) is 26.0 Å². The second-order valence-corrected chi connectivity index (χ2v) is 7.54. The molecule has 1 heterocycles. The van der Waals surface area contributed by atoms with Crippen molar-refractivity contribution >= 4 is 45.7 Å². The normalized spacial score (nSPS) is 11.0. The third-order valence-electron chi connectivity index (χ3n) is 4.53. The molecule has 0 bridgehead atoms. The molecule has 0 saturated heterocycles. The number of H-pyrrole nitrogens is 1. The summed E-state index contributed by atoms with van der Waals surface area (Å²) in [5.41, 5.74) is 3.05. The fourth-order valence-electron chi connectivity index (χ4n) is 3.26. The molecule has 3 nitrogen and oxygen atoms in total. The highest BCUT2D eigenvalue weighted by molar-refractivity contribution is 6.34. The Hall–Kier alpha value is -2.46. The first-order chi connectivity index (χ1) is 13.5. The van der Waals surface area contributed by atoms with Gasteiger partial charge in [-0.15, -0.1) is 0 Å². The summed E-state index contributed by atoms with van der Waals surface area (Å²) in [6, 6.07) is 18.3. The Morgan fingerprint density at radius 2 is 1.61 bits per heavy atom. The van der Waals surface area contributed by atoms with Gasteiger partial charge in [-0.1, -0.05) is 53.0 Å². The molecule has 0 spiro atoms. The first kappa shape index (κ1) is 18.9. The molecule has 140 valence electrons. The first-order valence-electron chi connectivity index (χ1n) is 8.43. The number of hydrogen-bond acceptors (Lipinski definition) is 2. The summed E-state index contributed by atoms with van der Waals surface area (Å²) in [5.74, 6) is 0.445. The Kier molecular flexibility index (Phi) is 5.07.